The zero-order valence-corrected chi connectivity index (χ0v) is 16.0. The minimum absolute atomic E-state index is 0.0416. The molecule has 1 fully saturated rings. The molecule has 1 saturated heterocycles. The van der Waals surface area contributed by atoms with E-state index in [0.29, 0.717) is 19.6 Å². The number of unbranched alkanes of at least 4 members (excludes halogenated alkanes) is 9. The minimum atomic E-state index is -2.87. The van der Waals surface area contributed by atoms with E-state index in [1.807, 2.05) is 0 Å². The fourth-order valence-corrected chi connectivity index (χ4v) is 4.93. The van der Waals surface area contributed by atoms with Gasteiger partial charge in [0.1, 0.15) is 0 Å². The number of hydrogen-bond acceptors (Lipinski definition) is 4. The van der Waals surface area contributed by atoms with Crippen LogP contribution in [-0.2, 0) is 14.6 Å². The van der Waals surface area contributed by atoms with Gasteiger partial charge in [0.15, 0.2) is 9.84 Å². The Hall–Kier alpha value is -0.780. The molecule has 24 heavy (non-hydrogen) atoms. The van der Waals surface area contributed by atoms with Crippen LogP contribution in [0.4, 0.5) is 4.79 Å². The molecule has 6 heteroatoms. The number of sulfone groups is 1. The summed E-state index contributed by atoms with van der Waals surface area (Å²) in [5, 5.41) is 2.67. The molecule has 5 nitrogen and oxygen atoms in total. The lowest BCUT2D eigenvalue weighted by Crippen LogP contribution is -2.30. The fourth-order valence-electron chi connectivity index (χ4n) is 3.07. The van der Waals surface area contributed by atoms with Crippen LogP contribution in [0.2, 0.25) is 0 Å². The number of nitrogens with one attached hydrogen (secondary N) is 1. The van der Waals surface area contributed by atoms with Crippen molar-refractivity contribution in [3.63, 3.8) is 0 Å². The summed E-state index contributed by atoms with van der Waals surface area (Å²) in [6, 6.07) is 0. The van der Waals surface area contributed by atoms with Crippen LogP contribution in [0.1, 0.15) is 77.6 Å². The van der Waals surface area contributed by atoms with Gasteiger partial charge in [0, 0.05) is 6.54 Å². The number of ether oxygens (including phenoxy) is 1. The van der Waals surface area contributed by atoms with Crippen LogP contribution in [-0.4, -0.2) is 39.2 Å². The maximum absolute atomic E-state index is 11.5. The van der Waals surface area contributed by atoms with E-state index in [1.54, 1.807) is 0 Å². The summed E-state index contributed by atoms with van der Waals surface area (Å²) < 4.78 is 27.8. The molecule has 0 saturated carbocycles. The summed E-state index contributed by atoms with van der Waals surface area (Å²) in [7, 11) is -2.87. The lowest BCUT2D eigenvalue weighted by Gasteiger charge is -2.10. The zero-order chi connectivity index (χ0) is 17.7. The van der Waals surface area contributed by atoms with Gasteiger partial charge in [0.05, 0.1) is 18.1 Å². The van der Waals surface area contributed by atoms with Crippen molar-refractivity contribution in [2.45, 2.75) is 77.6 Å². The molecule has 0 aromatic rings. The first kappa shape index (κ1) is 21.3. The van der Waals surface area contributed by atoms with Gasteiger partial charge < -0.3 is 10.1 Å². The summed E-state index contributed by atoms with van der Waals surface area (Å²) in [5.74, 6) is 0.471. The third kappa shape index (κ3) is 10.9. The summed E-state index contributed by atoms with van der Waals surface area (Å²) in [4.78, 5) is 11.5. The molecule has 1 rings (SSSR count). The largest absolute Gasteiger partial charge is 0.450 e. The number of carbonyl (C=O) groups is 1. The van der Waals surface area contributed by atoms with Gasteiger partial charge in [-0.3, -0.25) is 0 Å². The summed E-state index contributed by atoms with van der Waals surface area (Å²) in [6.07, 6.45) is 12.7. The molecule has 1 N–H and O–H groups in total. The fraction of sp³-hybridized carbons (Fsp3) is 0.944. The second kappa shape index (κ2) is 12.6. The molecule has 0 aliphatic carbocycles. The Morgan fingerprint density at radius 3 is 2.12 bits per heavy atom. The number of amides is 1. The highest BCUT2D eigenvalue weighted by molar-refractivity contribution is 7.91. The van der Waals surface area contributed by atoms with Crippen LogP contribution < -0.4 is 5.32 Å². The molecule has 1 aliphatic heterocycles. The van der Waals surface area contributed by atoms with Gasteiger partial charge in [-0.15, -0.1) is 0 Å². The molecule has 0 aromatic heterocycles. The summed E-state index contributed by atoms with van der Waals surface area (Å²) in [6.45, 7) is 3.09. The number of hydrogen-bond donors (Lipinski definition) is 1. The number of rotatable bonds is 13. The zero-order valence-electron chi connectivity index (χ0n) is 15.2. The molecule has 1 heterocycles. The maximum atomic E-state index is 11.5. The summed E-state index contributed by atoms with van der Waals surface area (Å²) >= 11 is 0. The van der Waals surface area contributed by atoms with Crippen LogP contribution >= 0.6 is 0 Å². The minimum Gasteiger partial charge on any atom is -0.450 e. The van der Waals surface area contributed by atoms with Crippen molar-refractivity contribution in [1.82, 2.24) is 5.32 Å². The lowest BCUT2D eigenvalue weighted by atomic mass is 10.1. The molecule has 0 unspecified atom stereocenters. The Labute approximate surface area is 147 Å². The molecule has 142 valence electrons. The Morgan fingerprint density at radius 2 is 1.58 bits per heavy atom. The molecule has 0 bridgehead atoms. The van der Waals surface area contributed by atoms with Gasteiger partial charge in [-0.2, -0.15) is 0 Å². The van der Waals surface area contributed by atoms with Crippen molar-refractivity contribution in [2.24, 2.45) is 5.92 Å². The maximum Gasteiger partial charge on any atom is 0.407 e. The molecular formula is C18H35NO4S. The van der Waals surface area contributed by atoms with Gasteiger partial charge in [-0.25, -0.2) is 13.2 Å². The van der Waals surface area contributed by atoms with Crippen molar-refractivity contribution < 1.29 is 17.9 Å². The molecule has 1 atom stereocenters. The first-order chi connectivity index (χ1) is 11.5. The Morgan fingerprint density at radius 1 is 1.00 bits per heavy atom. The normalized spacial score (nSPS) is 19.3. The topological polar surface area (TPSA) is 72.5 Å². The van der Waals surface area contributed by atoms with E-state index in [9.17, 15) is 13.2 Å². The Bertz CT molecular complexity index is 436. The SMILES string of the molecule is CCCCCCCCCCCCOC(=O)NC[C@H]1CCS(=O)(=O)C1. The molecule has 1 amide bonds. The molecular weight excluding hydrogens is 326 g/mol. The van der Waals surface area contributed by atoms with E-state index in [4.69, 9.17) is 4.74 Å². The summed E-state index contributed by atoms with van der Waals surface area (Å²) in [5.41, 5.74) is 0. The second-order valence-electron chi connectivity index (χ2n) is 6.97. The van der Waals surface area contributed by atoms with E-state index < -0.39 is 15.9 Å². The van der Waals surface area contributed by atoms with Gasteiger partial charge in [-0.1, -0.05) is 64.7 Å². The van der Waals surface area contributed by atoms with Crippen LogP contribution in [0.5, 0.6) is 0 Å². The quantitative estimate of drug-likeness (QED) is 0.502. The van der Waals surface area contributed by atoms with Gasteiger partial charge in [0.2, 0.25) is 0 Å². The van der Waals surface area contributed by atoms with Crippen molar-refractivity contribution in [3.8, 4) is 0 Å². The van der Waals surface area contributed by atoms with Crippen LogP contribution in [0.25, 0.3) is 0 Å². The highest BCUT2D eigenvalue weighted by atomic mass is 32.2. The van der Waals surface area contributed by atoms with Gasteiger partial charge >= 0.3 is 6.09 Å². The first-order valence-corrected chi connectivity index (χ1v) is 11.5. The van der Waals surface area contributed by atoms with Crippen molar-refractivity contribution in [2.75, 3.05) is 24.7 Å². The van der Waals surface area contributed by atoms with Crippen LogP contribution in [0.15, 0.2) is 0 Å². The van der Waals surface area contributed by atoms with E-state index in [0.717, 1.165) is 12.8 Å². The first-order valence-electron chi connectivity index (χ1n) is 9.64. The Kier molecular flexibility index (Phi) is 11.1. The van der Waals surface area contributed by atoms with Crippen molar-refractivity contribution in [1.29, 1.82) is 0 Å². The van der Waals surface area contributed by atoms with E-state index in [-0.39, 0.29) is 17.4 Å². The van der Waals surface area contributed by atoms with E-state index in [1.165, 1.54) is 51.4 Å². The highest BCUT2D eigenvalue weighted by Gasteiger charge is 2.27. The molecule has 1 aliphatic rings. The third-order valence-electron chi connectivity index (χ3n) is 4.59. The predicted octanol–water partition coefficient (Wildman–Crippen LogP) is 4.07. The monoisotopic (exact) mass is 361 g/mol. The standard InChI is InChI=1S/C18H35NO4S/c1-2-3-4-5-6-7-8-9-10-11-13-23-18(20)19-15-17-12-14-24(21,22)16-17/h17H,2-16H2,1H3,(H,19,20)/t17-/m1/s1. The van der Waals surface area contributed by atoms with Crippen molar-refractivity contribution >= 4 is 15.9 Å². The second-order valence-corrected chi connectivity index (χ2v) is 9.20. The smallest absolute Gasteiger partial charge is 0.407 e. The van der Waals surface area contributed by atoms with Gasteiger partial charge in [-0.05, 0) is 18.8 Å². The lowest BCUT2D eigenvalue weighted by molar-refractivity contribution is 0.142. The van der Waals surface area contributed by atoms with Crippen molar-refractivity contribution in [3.05, 3.63) is 0 Å². The highest BCUT2D eigenvalue weighted by Crippen LogP contribution is 2.17. The average Bonchev–Trinajstić information content (AvgIpc) is 2.90. The predicted molar refractivity (Wildman–Crippen MR) is 98.0 cm³/mol. The average molecular weight is 362 g/mol. The number of carbonyl (C=O) groups excluding carboxylic acids is 1. The Balaban J connectivity index is 1.84. The molecule has 0 aromatic carbocycles. The van der Waals surface area contributed by atoms with Crippen LogP contribution in [0.3, 0.4) is 0 Å². The molecule has 0 radical (unpaired) electrons. The van der Waals surface area contributed by atoms with Crippen LogP contribution in [0, 0.1) is 5.92 Å². The third-order valence-corrected chi connectivity index (χ3v) is 6.43. The van der Waals surface area contributed by atoms with E-state index in [2.05, 4.69) is 12.2 Å². The van der Waals surface area contributed by atoms with E-state index >= 15 is 0 Å². The number of alkyl carbamates (subject to hydrolysis) is 1. The van der Waals surface area contributed by atoms with Gasteiger partial charge in [0.25, 0.3) is 0 Å². The molecule has 0 spiro atoms.